The quantitative estimate of drug-likeness (QED) is 0.495. The standard InChI is InChI=1S/C22H24F3N5O3/c1-14(2)30-16(4-3-10-29-11-9-26-28-29)6-8-19(30)21(33)27-18-12-15(13-20(31)32)5-7-17(18)22(23,24)25/h5-9,11-12,14H,3-4,10,13H2,1-2H3,(H,27,33)(H,31,32). The van der Waals surface area contributed by atoms with Crippen LogP contribution in [-0.2, 0) is 30.4 Å². The minimum Gasteiger partial charge on any atom is -0.481 e. The van der Waals surface area contributed by atoms with Crippen molar-refractivity contribution in [3.05, 3.63) is 65.2 Å². The number of carbonyl (C=O) groups excluding carboxylic acids is 1. The first-order valence-corrected chi connectivity index (χ1v) is 10.3. The third-order valence-corrected chi connectivity index (χ3v) is 5.04. The fraction of sp³-hybridized carbons (Fsp3) is 0.364. The zero-order valence-corrected chi connectivity index (χ0v) is 18.1. The van der Waals surface area contributed by atoms with E-state index < -0.39 is 35.7 Å². The number of halogens is 3. The van der Waals surface area contributed by atoms with Crippen molar-refractivity contribution in [2.45, 2.75) is 51.9 Å². The second kappa shape index (κ2) is 9.88. The number of amides is 1. The molecule has 0 spiro atoms. The normalized spacial score (nSPS) is 11.7. The number of hydrogen-bond donors (Lipinski definition) is 2. The molecule has 0 aliphatic heterocycles. The summed E-state index contributed by atoms with van der Waals surface area (Å²) in [5.74, 6) is -1.89. The van der Waals surface area contributed by atoms with Crippen LogP contribution in [0.5, 0.6) is 0 Å². The van der Waals surface area contributed by atoms with E-state index in [-0.39, 0.29) is 17.3 Å². The molecule has 1 amide bonds. The Hall–Kier alpha value is -3.63. The summed E-state index contributed by atoms with van der Waals surface area (Å²) in [6, 6.07) is 6.18. The van der Waals surface area contributed by atoms with Gasteiger partial charge in [0, 0.05) is 24.5 Å². The molecule has 0 bridgehead atoms. The van der Waals surface area contributed by atoms with Crippen LogP contribution >= 0.6 is 0 Å². The van der Waals surface area contributed by atoms with Gasteiger partial charge < -0.3 is 15.0 Å². The Morgan fingerprint density at radius 2 is 1.94 bits per heavy atom. The first-order valence-electron chi connectivity index (χ1n) is 10.3. The summed E-state index contributed by atoms with van der Waals surface area (Å²) in [7, 11) is 0. The van der Waals surface area contributed by atoms with Crippen molar-refractivity contribution in [3.63, 3.8) is 0 Å². The van der Waals surface area contributed by atoms with Gasteiger partial charge in [-0.15, -0.1) is 5.10 Å². The summed E-state index contributed by atoms with van der Waals surface area (Å²) in [5.41, 5.74) is -0.279. The number of carboxylic acid groups (broad SMARTS) is 1. The topological polar surface area (TPSA) is 102 Å². The molecule has 8 nitrogen and oxygen atoms in total. The Kier molecular flexibility index (Phi) is 7.19. The van der Waals surface area contributed by atoms with Crippen LogP contribution in [0.15, 0.2) is 42.7 Å². The molecule has 0 saturated heterocycles. The van der Waals surface area contributed by atoms with Gasteiger partial charge in [0.05, 0.1) is 23.9 Å². The smallest absolute Gasteiger partial charge is 0.418 e. The highest BCUT2D eigenvalue weighted by Crippen LogP contribution is 2.36. The molecule has 0 saturated carbocycles. The molecule has 0 aliphatic carbocycles. The average Bonchev–Trinajstić information content (AvgIpc) is 3.36. The highest BCUT2D eigenvalue weighted by atomic mass is 19.4. The Balaban J connectivity index is 1.84. The van der Waals surface area contributed by atoms with E-state index in [0.717, 1.165) is 30.3 Å². The van der Waals surface area contributed by atoms with Crippen LogP contribution in [-0.4, -0.2) is 36.5 Å². The fourth-order valence-electron chi connectivity index (χ4n) is 3.68. The van der Waals surface area contributed by atoms with Crippen molar-refractivity contribution in [1.82, 2.24) is 19.6 Å². The van der Waals surface area contributed by atoms with Gasteiger partial charge in [0.25, 0.3) is 5.91 Å². The molecule has 11 heteroatoms. The summed E-state index contributed by atoms with van der Waals surface area (Å²) >= 11 is 0. The molecule has 3 rings (SSSR count). The third-order valence-electron chi connectivity index (χ3n) is 5.04. The minimum absolute atomic E-state index is 0.109. The zero-order chi connectivity index (χ0) is 24.2. The lowest BCUT2D eigenvalue weighted by Crippen LogP contribution is -2.22. The molecule has 0 atom stereocenters. The molecule has 0 unspecified atom stereocenters. The lowest BCUT2D eigenvalue weighted by atomic mass is 10.1. The number of benzene rings is 1. The fourth-order valence-corrected chi connectivity index (χ4v) is 3.68. The summed E-state index contributed by atoms with van der Waals surface area (Å²) in [6.45, 7) is 4.40. The third kappa shape index (κ3) is 5.99. The van der Waals surface area contributed by atoms with Crippen LogP contribution in [0.4, 0.5) is 18.9 Å². The predicted molar refractivity (Wildman–Crippen MR) is 114 cm³/mol. The van der Waals surface area contributed by atoms with Gasteiger partial charge in [0.15, 0.2) is 0 Å². The van der Waals surface area contributed by atoms with Crippen molar-refractivity contribution in [2.75, 3.05) is 5.32 Å². The highest BCUT2D eigenvalue weighted by molar-refractivity contribution is 6.04. The van der Waals surface area contributed by atoms with E-state index in [0.29, 0.717) is 13.0 Å². The maximum atomic E-state index is 13.5. The maximum absolute atomic E-state index is 13.5. The van der Waals surface area contributed by atoms with E-state index in [4.69, 9.17) is 5.11 Å². The Morgan fingerprint density at radius 3 is 2.55 bits per heavy atom. The van der Waals surface area contributed by atoms with Crippen LogP contribution < -0.4 is 5.32 Å². The molecule has 2 heterocycles. The molecule has 3 aromatic rings. The molecular formula is C22H24F3N5O3. The van der Waals surface area contributed by atoms with Gasteiger partial charge in [-0.25, -0.2) is 0 Å². The predicted octanol–water partition coefficient (Wildman–Crippen LogP) is 4.19. The number of carbonyl (C=O) groups is 2. The van der Waals surface area contributed by atoms with Crippen LogP contribution in [0.25, 0.3) is 0 Å². The van der Waals surface area contributed by atoms with Gasteiger partial charge in [-0.2, -0.15) is 13.2 Å². The summed E-state index contributed by atoms with van der Waals surface area (Å²) in [6.07, 6.45) is -0.475. The number of aliphatic carboxylic acids is 1. The second-order valence-electron chi connectivity index (χ2n) is 7.85. The Morgan fingerprint density at radius 1 is 1.18 bits per heavy atom. The van der Waals surface area contributed by atoms with Crippen LogP contribution in [0.1, 0.15) is 53.6 Å². The van der Waals surface area contributed by atoms with E-state index in [1.165, 1.54) is 0 Å². The van der Waals surface area contributed by atoms with Crippen molar-refractivity contribution in [2.24, 2.45) is 0 Å². The minimum atomic E-state index is -4.71. The van der Waals surface area contributed by atoms with Crippen LogP contribution in [0, 0.1) is 0 Å². The summed E-state index contributed by atoms with van der Waals surface area (Å²) < 4.78 is 43.9. The molecule has 2 N–H and O–H groups in total. The van der Waals surface area contributed by atoms with Gasteiger partial charge >= 0.3 is 12.1 Å². The van der Waals surface area contributed by atoms with Crippen molar-refractivity contribution < 1.29 is 27.9 Å². The number of hydrogen-bond acceptors (Lipinski definition) is 4. The zero-order valence-electron chi connectivity index (χ0n) is 18.1. The van der Waals surface area contributed by atoms with Gasteiger partial charge in [-0.3, -0.25) is 14.3 Å². The van der Waals surface area contributed by atoms with E-state index in [1.54, 1.807) is 33.8 Å². The van der Waals surface area contributed by atoms with Gasteiger partial charge in [0.1, 0.15) is 5.69 Å². The number of carboxylic acids is 1. The lowest BCUT2D eigenvalue weighted by Gasteiger charge is -2.19. The number of rotatable bonds is 9. The monoisotopic (exact) mass is 463 g/mol. The molecule has 0 fully saturated rings. The summed E-state index contributed by atoms with van der Waals surface area (Å²) in [5, 5.41) is 19.0. The number of aryl methyl sites for hydroxylation is 2. The van der Waals surface area contributed by atoms with E-state index in [2.05, 4.69) is 15.6 Å². The Bertz CT molecular complexity index is 1120. The van der Waals surface area contributed by atoms with E-state index in [9.17, 15) is 22.8 Å². The van der Waals surface area contributed by atoms with Gasteiger partial charge in [-0.05, 0) is 56.5 Å². The SMILES string of the molecule is CC(C)n1c(CCCn2ccnn2)ccc1C(=O)Nc1cc(CC(=O)O)ccc1C(F)(F)F. The van der Waals surface area contributed by atoms with Crippen molar-refractivity contribution in [3.8, 4) is 0 Å². The molecule has 1 aromatic carbocycles. The average molecular weight is 463 g/mol. The molecular weight excluding hydrogens is 439 g/mol. The molecule has 176 valence electrons. The van der Waals surface area contributed by atoms with Gasteiger partial charge in [0.2, 0.25) is 0 Å². The van der Waals surface area contributed by atoms with E-state index >= 15 is 0 Å². The molecule has 2 aromatic heterocycles. The first-order chi connectivity index (χ1) is 15.6. The number of aromatic nitrogens is 4. The number of nitrogens with zero attached hydrogens (tertiary/aromatic N) is 4. The van der Waals surface area contributed by atoms with Crippen molar-refractivity contribution in [1.29, 1.82) is 0 Å². The number of anilines is 1. The second-order valence-corrected chi connectivity index (χ2v) is 7.85. The maximum Gasteiger partial charge on any atom is 0.418 e. The number of alkyl halides is 3. The van der Waals surface area contributed by atoms with E-state index in [1.807, 2.05) is 13.8 Å². The Labute approximate surface area is 188 Å². The summed E-state index contributed by atoms with van der Waals surface area (Å²) in [4.78, 5) is 24.0. The molecule has 0 aliphatic rings. The first kappa shape index (κ1) is 24.0. The van der Waals surface area contributed by atoms with Crippen molar-refractivity contribution >= 4 is 17.6 Å². The van der Waals surface area contributed by atoms with Crippen LogP contribution in [0.2, 0.25) is 0 Å². The molecule has 0 radical (unpaired) electrons. The van der Waals surface area contributed by atoms with Gasteiger partial charge in [-0.1, -0.05) is 11.3 Å². The molecule has 33 heavy (non-hydrogen) atoms. The lowest BCUT2D eigenvalue weighted by molar-refractivity contribution is -0.137. The highest BCUT2D eigenvalue weighted by Gasteiger charge is 2.34. The largest absolute Gasteiger partial charge is 0.481 e. The number of nitrogens with one attached hydrogen (secondary N) is 1. The van der Waals surface area contributed by atoms with Crippen LogP contribution in [0.3, 0.4) is 0 Å².